The molecule has 0 fully saturated rings. The summed E-state index contributed by atoms with van der Waals surface area (Å²) < 4.78 is 7.56. The van der Waals surface area contributed by atoms with Gasteiger partial charge in [0, 0.05) is 25.1 Å². The Kier molecular flexibility index (Phi) is 5.21. The number of ether oxygens (including phenoxy) is 1. The summed E-state index contributed by atoms with van der Waals surface area (Å²) in [4.78, 5) is 45.2. The van der Waals surface area contributed by atoms with Crippen molar-refractivity contribution in [1.82, 2.24) is 19.1 Å². The van der Waals surface area contributed by atoms with Gasteiger partial charge in [-0.2, -0.15) is 4.98 Å². The lowest BCUT2D eigenvalue weighted by Gasteiger charge is -2.15. The van der Waals surface area contributed by atoms with Gasteiger partial charge in [-0.15, -0.1) is 0 Å². The molecule has 0 N–H and O–H groups in total. The molecule has 0 saturated heterocycles. The van der Waals surface area contributed by atoms with Crippen LogP contribution < -0.4 is 11.2 Å². The fourth-order valence-corrected chi connectivity index (χ4v) is 3.22. The summed E-state index contributed by atoms with van der Waals surface area (Å²) in [6.45, 7) is 0.520. The molecule has 1 aromatic heterocycles. The molecular weight excluding hydrogens is 384 g/mol. The van der Waals surface area contributed by atoms with E-state index in [0.717, 1.165) is 15.7 Å². The van der Waals surface area contributed by atoms with E-state index in [1.165, 1.54) is 7.11 Å². The van der Waals surface area contributed by atoms with Crippen molar-refractivity contribution in [2.45, 2.75) is 13.1 Å². The van der Waals surface area contributed by atoms with E-state index in [-0.39, 0.29) is 6.54 Å². The Labute approximate surface area is 171 Å². The minimum atomic E-state index is -0.606. The summed E-state index contributed by atoms with van der Waals surface area (Å²) in [6, 6.07) is 13.8. The van der Waals surface area contributed by atoms with E-state index in [2.05, 4.69) is 9.97 Å². The normalized spacial score (nSPS) is 10.8. The first-order chi connectivity index (χ1) is 14.6. The molecule has 8 heteroatoms. The first kappa shape index (κ1) is 19.3. The van der Waals surface area contributed by atoms with Crippen molar-refractivity contribution in [1.29, 1.82) is 0 Å². The Morgan fingerprint density at radius 2 is 1.67 bits per heavy atom. The van der Waals surface area contributed by atoms with Crippen LogP contribution in [0.1, 0.15) is 21.5 Å². The van der Waals surface area contributed by atoms with Crippen LogP contribution in [0.4, 0.5) is 0 Å². The number of pyridine rings is 2. The van der Waals surface area contributed by atoms with Gasteiger partial charge in [-0.1, -0.05) is 12.1 Å². The molecule has 2 aliphatic heterocycles. The van der Waals surface area contributed by atoms with Crippen LogP contribution >= 0.6 is 0 Å². The first-order valence-electron chi connectivity index (χ1n) is 9.23. The minimum Gasteiger partial charge on any atom is -0.465 e. The maximum Gasteiger partial charge on any atom is 0.352 e. The lowest BCUT2D eigenvalue weighted by atomic mass is 10.1. The highest BCUT2D eigenvalue weighted by atomic mass is 16.5. The number of carbonyl (C=O) groups excluding carboxylic acids is 1. The number of hydrogen-bond donors (Lipinski definition) is 0. The van der Waals surface area contributed by atoms with Gasteiger partial charge in [-0.25, -0.2) is 9.59 Å². The molecule has 30 heavy (non-hydrogen) atoms. The van der Waals surface area contributed by atoms with E-state index >= 15 is 0 Å². The standard InChI is InChI=1S/C22H18N4O4/c1-30-21(28)17-6-4-15(5-7-17)13-25-12-2-3-18-19(25)24-22(29)26(20(18)27)14-16-8-10-23-11-9-16/h2-12H,13-14H2,1H3. The predicted molar refractivity (Wildman–Crippen MR) is 110 cm³/mol. The van der Waals surface area contributed by atoms with Crippen molar-refractivity contribution in [3.8, 4) is 11.4 Å². The molecule has 0 aliphatic carbocycles. The lowest BCUT2D eigenvalue weighted by Crippen LogP contribution is -2.38. The number of fused-ring (bicyclic) bond motifs is 1. The number of benzene rings is 1. The topological polar surface area (TPSA) is 96.1 Å². The summed E-state index contributed by atoms with van der Waals surface area (Å²) in [7, 11) is 1.33. The zero-order chi connectivity index (χ0) is 21.1. The Morgan fingerprint density at radius 3 is 2.37 bits per heavy atom. The van der Waals surface area contributed by atoms with Crippen molar-refractivity contribution in [3.05, 3.63) is 105 Å². The molecule has 0 radical (unpaired) electrons. The average molecular weight is 402 g/mol. The molecule has 2 aliphatic rings. The quantitative estimate of drug-likeness (QED) is 0.472. The predicted octanol–water partition coefficient (Wildman–Crippen LogP) is 1.79. The number of esters is 1. The van der Waals surface area contributed by atoms with E-state index in [9.17, 15) is 14.4 Å². The highest BCUT2D eigenvalue weighted by Gasteiger charge is 2.17. The van der Waals surface area contributed by atoms with E-state index in [1.54, 1.807) is 71.7 Å². The van der Waals surface area contributed by atoms with E-state index in [1.807, 2.05) is 0 Å². The molecule has 1 aromatic carbocycles. The van der Waals surface area contributed by atoms with Crippen molar-refractivity contribution >= 4 is 5.97 Å². The first-order valence-corrected chi connectivity index (χ1v) is 9.23. The zero-order valence-corrected chi connectivity index (χ0v) is 16.2. The highest BCUT2D eigenvalue weighted by molar-refractivity contribution is 5.89. The summed E-state index contributed by atoms with van der Waals surface area (Å²) in [5.74, 6) is -0.0951. The minimum absolute atomic E-state index is 0.132. The Morgan fingerprint density at radius 1 is 0.967 bits per heavy atom. The maximum absolute atomic E-state index is 13.0. The second-order valence-corrected chi connectivity index (χ2v) is 6.70. The van der Waals surface area contributed by atoms with Gasteiger partial charge in [0.1, 0.15) is 0 Å². The third-order valence-corrected chi connectivity index (χ3v) is 4.77. The largest absolute Gasteiger partial charge is 0.465 e. The van der Waals surface area contributed by atoms with Crippen LogP contribution in [-0.2, 0) is 17.8 Å². The smallest absolute Gasteiger partial charge is 0.352 e. The number of nitrogens with zero attached hydrogens (tertiary/aromatic N) is 4. The van der Waals surface area contributed by atoms with Crippen molar-refractivity contribution in [2.75, 3.05) is 7.11 Å². The number of methoxy groups -OCH3 is 1. The molecule has 8 nitrogen and oxygen atoms in total. The van der Waals surface area contributed by atoms with Gasteiger partial charge in [-0.05, 0) is 47.5 Å². The molecule has 2 aromatic rings. The molecule has 0 bridgehead atoms. The van der Waals surface area contributed by atoms with Crippen LogP contribution in [0.15, 0.2) is 76.7 Å². The van der Waals surface area contributed by atoms with Gasteiger partial charge in [0.05, 0.1) is 24.8 Å². The monoisotopic (exact) mass is 402 g/mol. The molecule has 0 atom stereocenters. The third-order valence-electron chi connectivity index (χ3n) is 4.77. The van der Waals surface area contributed by atoms with Crippen LogP contribution in [0.25, 0.3) is 11.4 Å². The molecule has 4 rings (SSSR count). The SMILES string of the molecule is COC(=O)c1ccc(Cn2cccc3c(=O)n(Cc4ccncc4)c(=O)nc2-3)cc1. The highest BCUT2D eigenvalue weighted by Crippen LogP contribution is 2.16. The molecule has 0 saturated carbocycles. The number of hydrogen-bond acceptors (Lipinski definition) is 6. The molecule has 0 amide bonds. The molecule has 150 valence electrons. The average Bonchev–Trinajstić information content (AvgIpc) is 2.78. The number of carbonyl (C=O) groups is 1. The molecule has 0 spiro atoms. The van der Waals surface area contributed by atoms with Crippen LogP contribution in [0.3, 0.4) is 0 Å². The summed E-state index contributed by atoms with van der Waals surface area (Å²) in [5.41, 5.74) is 1.48. The van der Waals surface area contributed by atoms with Crippen molar-refractivity contribution in [3.63, 3.8) is 0 Å². The summed E-state index contributed by atoms with van der Waals surface area (Å²) >= 11 is 0. The van der Waals surface area contributed by atoms with E-state index in [4.69, 9.17) is 4.74 Å². The molecule has 0 unspecified atom stereocenters. The van der Waals surface area contributed by atoms with Gasteiger partial charge in [0.25, 0.3) is 5.56 Å². The van der Waals surface area contributed by atoms with E-state index in [0.29, 0.717) is 23.5 Å². The Hall–Kier alpha value is -4.07. The second kappa shape index (κ2) is 8.12. The summed E-state index contributed by atoms with van der Waals surface area (Å²) in [6.07, 6.45) is 4.98. The van der Waals surface area contributed by atoms with Gasteiger partial charge in [-0.3, -0.25) is 14.3 Å². The van der Waals surface area contributed by atoms with Gasteiger partial charge in [0.2, 0.25) is 0 Å². The second-order valence-electron chi connectivity index (χ2n) is 6.70. The van der Waals surface area contributed by atoms with E-state index < -0.39 is 17.2 Å². The van der Waals surface area contributed by atoms with Crippen LogP contribution in [0.5, 0.6) is 0 Å². The van der Waals surface area contributed by atoms with Crippen LogP contribution in [0.2, 0.25) is 0 Å². The Bertz CT molecular complexity index is 1280. The van der Waals surface area contributed by atoms with Crippen LogP contribution in [-0.4, -0.2) is 32.2 Å². The fourth-order valence-electron chi connectivity index (χ4n) is 3.22. The molecular formula is C22H18N4O4. The molecule has 3 heterocycles. The van der Waals surface area contributed by atoms with Crippen LogP contribution in [0, 0.1) is 0 Å². The number of rotatable bonds is 5. The Balaban J connectivity index is 1.70. The van der Waals surface area contributed by atoms with Crippen molar-refractivity contribution < 1.29 is 9.53 Å². The maximum atomic E-state index is 13.0. The third kappa shape index (κ3) is 3.75. The summed E-state index contributed by atoms with van der Waals surface area (Å²) in [5, 5.41) is 0. The fraction of sp³-hybridized carbons (Fsp3) is 0.136. The van der Waals surface area contributed by atoms with Gasteiger partial charge in [0.15, 0.2) is 5.82 Å². The van der Waals surface area contributed by atoms with Gasteiger partial charge >= 0.3 is 11.7 Å². The zero-order valence-electron chi connectivity index (χ0n) is 16.2. The lowest BCUT2D eigenvalue weighted by molar-refractivity contribution is 0.0600. The number of aromatic nitrogens is 4. The van der Waals surface area contributed by atoms with Gasteiger partial charge < -0.3 is 9.30 Å². The van der Waals surface area contributed by atoms with Crippen molar-refractivity contribution in [2.24, 2.45) is 0 Å².